The third kappa shape index (κ3) is 6.06. The molecular formula is C17H29N3O. The van der Waals surface area contributed by atoms with Gasteiger partial charge in [-0.3, -0.25) is 4.99 Å². The zero-order chi connectivity index (χ0) is 15.9. The molecule has 0 heterocycles. The highest BCUT2D eigenvalue weighted by atomic mass is 16.5. The van der Waals surface area contributed by atoms with Crippen molar-refractivity contribution in [1.82, 2.24) is 10.6 Å². The van der Waals surface area contributed by atoms with Gasteiger partial charge in [-0.25, -0.2) is 0 Å². The highest BCUT2D eigenvalue weighted by molar-refractivity contribution is 5.80. The fourth-order valence-corrected chi connectivity index (χ4v) is 2.06. The van der Waals surface area contributed by atoms with Gasteiger partial charge in [0.15, 0.2) is 5.96 Å². The van der Waals surface area contributed by atoms with Gasteiger partial charge in [0, 0.05) is 24.5 Å². The summed E-state index contributed by atoms with van der Waals surface area (Å²) in [5.74, 6) is 2.08. The van der Waals surface area contributed by atoms with Crippen molar-refractivity contribution in [3.63, 3.8) is 0 Å². The van der Waals surface area contributed by atoms with Crippen LogP contribution in [-0.2, 0) is 0 Å². The molecule has 0 spiro atoms. The molecule has 0 amide bonds. The molecule has 2 N–H and O–H groups in total. The minimum atomic E-state index is -0.00528. The molecule has 1 unspecified atom stereocenters. The average molecular weight is 291 g/mol. The average Bonchev–Trinajstić information content (AvgIpc) is 2.43. The lowest BCUT2D eigenvalue weighted by molar-refractivity contribution is 0.406. The standard InChI is InChI=1S/C17H29N3O/c1-7-18-16(20-17(3,4)5)19-12-13(2)14-10-8-9-11-15(14)21-6/h8-11,13H,7,12H2,1-6H3,(H2,18,19,20). The van der Waals surface area contributed by atoms with Gasteiger partial charge in [0.25, 0.3) is 0 Å². The summed E-state index contributed by atoms with van der Waals surface area (Å²) >= 11 is 0. The van der Waals surface area contributed by atoms with Crippen LogP contribution in [0, 0.1) is 0 Å². The van der Waals surface area contributed by atoms with Crippen molar-refractivity contribution in [3.05, 3.63) is 29.8 Å². The second-order valence-electron chi connectivity index (χ2n) is 6.24. The fraction of sp³-hybridized carbons (Fsp3) is 0.588. The van der Waals surface area contributed by atoms with E-state index < -0.39 is 0 Å². The van der Waals surface area contributed by atoms with Crippen molar-refractivity contribution in [2.45, 2.75) is 46.1 Å². The number of para-hydroxylation sites is 1. The quantitative estimate of drug-likeness (QED) is 0.647. The molecule has 0 aromatic heterocycles. The van der Waals surface area contributed by atoms with Gasteiger partial charge in [-0.2, -0.15) is 0 Å². The highest BCUT2D eigenvalue weighted by Gasteiger charge is 2.14. The Hall–Kier alpha value is -1.71. The van der Waals surface area contributed by atoms with Crippen LogP contribution in [0.1, 0.15) is 46.1 Å². The zero-order valence-electron chi connectivity index (χ0n) is 14.2. The number of nitrogens with zero attached hydrogens (tertiary/aromatic N) is 1. The molecule has 4 nitrogen and oxygen atoms in total. The van der Waals surface area contributed by atoms with Crippen LogP contribution >= 0.6 is 0 Å². The molecule has 1 aromatic rings. The lowest BCUT2D eigenvalue weighted by atomic mass is 10.0. The molecule has 0 aliphatic rings. The molecule has 1 atom stereocenters. The molecule has 0 radical (unpaired) electrons. The number of nitrogens with one attached hydrogen (secondary N) is 2. The molecule has 4 heteroatoms. The number of ether oxygens (including phenoxy) is 1. The number of hydrogen-bond acceptors (Lipinski definition) is 2. The van der Waals surface area contributed by atoms with Crippen LogP contribution < -0.4 is 15.4 Å². The summed E-state index contributed by atoms with van der Waals surface area (Å²) in [6.07, 6.45) is 0. The Morgan fingerprint density at radius 1 is 1.29 bits per heavy atom. The molecule has 0 aliphatic heterocycles. The van der Waals surface area contributed by atoms with E-state index in [1.165, 1.54) is 5.56 Å². The lowest BCUT2D eigenvalue weighted by Gasteiger charge is -2.24. The van der Waals surface area contributed by atoms with Crippen molar-refractivity contribution in [2.75, 3.05) is 20.2 Å². The molecule has 0 saturated carbocycles. The molecule has 1 aromatic carbocycles. The monoisotopic (exact) mass is 291 g/mol. The first-order valence-corrected chi connectivity index (χ1v) is 7.56. The van der Waals surface area contributed by atoms with Gasteiger partial charge in [-0.05, 0) is 39.3 Å². The van der Waals surface area contributed by atoms with Crippen LogP contribution in [-0.4, -0.2) is 31.7 Å². The van der Waals surface area contributed by atoms with Gasteiger partial charge >= 0.3 is 0 Å². The van der Waals surface area contributed by atoms with Gasteiger partial charge in [0.2, 0.25) is 0 Å². The SMILES string of the molecule is CCNC(=NCC(C)c1ccccc1OC)NC(C)(C)C. The van der Waals surface area contributed by atoms with Gasteiger partial charge in [0.05, 0.1) is 7.11 Å². The molecule has 21 heavy (non-hydrogen) atoms. The molecular weight excluding hydrogens is 262 g/mol. The van der Waals surface area contributed by atoms with Crippen molar-refractivity contribution in [2.24, 2.45) is 4.99 Å². The van der Waals surface area contributed by atoms with E-state index in [2.05, 4.69) is 56.3 Å². The topological polar surface area (TPSA) is 45.7 Å². The van der Waals surface area contributed by atoms with E-state index in [1.54, 1.807) is 7.11 Å². The Labute approximate surface area is 129 Å². The van der Waals surface area contributed by atoms with E-state index in [4.69, 9.17) is 4.74 Å². The molecule has 118 valence electrons. The number of guanidine groups is 1. The van der Waals surface area contributed by atoms with E-state index in [9.17, 15) is 0 Å². The number of rotatable bonds is 5. The third-order valence-corrected chi connectivity index (χ3v) is 3.03. The Bertz CT molecular complexity index is 463. The number of methoxy groups -OCH3 is 1. The summed E-state index contributed by atoms with van der Waals surface area (Å²) in [6.45, 7) is 12.2. The molecule has 0 fully saturated rings. The highest BCUT2D eigenvalue weighted by Crippen LogP contribution is 2.26. The summed E-state index contributed by atoms with van der Waals surface area (Å²) in [4.78, 5) is 4.69. The minimum Gasteiger partial charge on any atom is -0.496 e. The fourth-order valence-electron chi connectivity index (χ4n) is 2.06. The van der Waals surface area contributed by atoms with Crippen LogP contribution in [0.3, 0.4) is 0 Å². The van der Waals surface area contributed by atoms with E-state index in [0.29, 0.717) is 12.5 Å². The maximum Gasteiger partial charge on any atom is 0.191 e. The first kappa shape index (κ1) is 17.3. The molecule has 0 bridgehead atoms. The second kappa shape index (κ2) is 7.91. The molecule has 0 aliphatic carbocycles. The van der Waals surface area contributed by atoms with Crippen molar-refractivity contribution in [1.29, 1.82) is 0 Å². The summed E-state index contributed by atoms with van der Waals surface area (Å²) in [5.41, 5.74) is 1.18. The van der Waals surface area contributed by atoms with Crippen molar-refractivity contribution in [3.8, 4) is 5.75 Å². The summed E-state index contributed by atoms with van der Waals surface area (Å²) < 4.78 is 5.42. The summed E-state index contributed by atoms with van der Waals surface area (Å²) in [7, 11) is 1.71. The maximum absolute atomic E-state index is 5.42. The normalized spacial score (nSPS) is 13.7. The first-order valence-electron chi connectivity index (χ1n) is 7.56. The Morgan fingerprint density at radius 3 is 2.52 bits per heavy atom. The maximum atomic E-state index is 5.42. The Kier molecular flexibility index (Phi) is 6.53. The number of aliphatic imine (C=N–C) groups is 1. The molecule has 1 rings (SSSR count). The predicted molar refractivity (Wildman–Crippen MR) is 90.3 cm³/mol. The van der Waals surface area contributed by atoms with Gasteiger partial charge in [0.1, 0.15) is 5.75 Å². The first-order chi connectivity index (χ1) is 9.87. The zero-order valence-corrected chi connectivity index (χ0v) is 14.2. The summed E-state index contributed by atoms with van der Waals surface area (Å²) in [5, 5.41) is 6.68. The Morgan fingerprint density at radius 2 is 1.95 bits per heavy atom. The van der Waals surface area contributed by atoms with E-state index >= 15 is 0 Å². The van der Waals surface area contributed by atoms with Crippen LogP contribution in [0.4, 0.5) is 0 Å². The second-order valence-corrected chi connectivity index (χ2v) is 6.24. The van der Waals surface area contributed by atoms with Crippen molar-refractivity contribution >= 4 is 5.96 Å². The van der Waals surface area contributed by atoms with Crippen LogP contribution in [0.2, 0.25) is 0 Å². The van der Waals surface area contributed by atoms with Crippen molar-refractivity contribution < 1.29 is 4.74 Å². The van der Waals surface area contributed by atoms with Gasteiger partial charge < -0.3 is 15.4 Å². The van der Waals surface area contributed by atoms with Crippen LogP contribution in [0.25, 0.3) is 0 Å². The minimum absolute atomic E-state index is 0.00528. The van der Waals surface area contributed by atoms with E-state index in [0.717, 1.165) is 18.3 Å². The largest absolute Gasteiger partial charge is 0.496 e. The number of benzene rings is 1. The third-order valence-electron chi connectivity index (χ3n) is 3.03. The van der Waals surface area contributed by atoms with E-state index in [-0.39, 0.29) is 5.54 Å². The van der Waals surface area contributed by atoms with Crippen LogP contribution in [0.5, 0.6) is 5.75 Å². The number of hydrogen-bond donors (Lipinski definition) is 2. The Balaban J connectivity index is 2.79. The smallest absolute Gasteiger partial charge is 0.191 e. The predicted octanol–water partition coefficient (Wildman–Crippen LogP) is 3.15. The molecule has 0 saturated heterocycles. The summed E-state index contributed by atoms with van der Waals surface area (Å²) in [6, 6.07) is 8.12. The van der Waals surface area contributed by atoms with Gasteiger partial charge in [-0.1, -0.05) is 25.1 Å². The lowest BCUT2D eigenvalue weighted by Crippen LogP contribution is -2.47. The van der Waals surface area contributed by atoms with E-state index in [1.807, 2.05) is 18.2 Å². The van der Waals surface area contributed by atoms with Crippen LogP contribution in [0.15, 0.2) is 29.3 Å². The van der Waals surface area contributed by atoms with Gasteiger partial charge in [-0.15, -0.1) is 0 Å².